The Bertz CT molecular complexity index is 736. The van der Waals surface area contributed by atoms with Gasteiger partial charge in [-0.3, -0.25) is 9.59 Å². The van der Waals surface area contributed by atoms with Gasteiger partial charge >= 0.3 is 0 Å². The SMILES string of the molecule is Cc1noc(C)c1CSc1ccccc1C(=O)NCC(=O)NC(C)C. The molecule has 2 rings (SSSR count). The molecule has 0 unspecified atom stereocenters. The highest BCUT2D eigenvalue weighted by molar-refractivity contribution is 7.98. The molecule has 0 spiro atoms. The maximum atomic E-state index is 12.4. The van der Waals surface area contributed by atoms with E-state index >= 15 is 0 Å². The second-order valence-corrected chi connectivity index (χ2v) is 7.01. The van der Waals surface area contributed by atoms with E-state index < -0.39 is 0 Å². The highest BCUT2D eigenvalue weighted by Gasteiger charge is 2.15. The summed E-state index contributed by atoms with van der Waals surface area (Å²) in [5.41, 5.74) is 2.45. The zero-order chi connectivity index (χ0) is 18.4. The molecule has 2 N–H and O–H groups in total. The van der Waals surface area contributed by atoms with Crippen molar-refractivity contribution in [2.24, 2.45) is 0 Å². The summed E-state index contributed by atoms with van der Waals surface area (Å²) in [5, 5.41) is 9.36. The van der Waals surface area contributed by atoms with E-state index in [1.807, 2.05) is 45.9 Å². The highest BCUT2D eigenvalue weighted by Crippen LogP contribution is 2.28. The second kappa shape index (κ2) is 8.71. The average molecular weight is 361 g/mol. The molecule has 0 saturated carbocycles. The monoisotopic (exact) mass is 361 g/mol. The lowest BCUT2D eigenvalue weighted by atomic mass is 10.2. The highest BCUT2D eigenvalue weighted by atomic mass is 32.2. The van der Waals surface area contributed by atoms with Crippen molar-refractivity contribution in [3.05, 3.63) is 46.8 Å². The number of thioether (sulfide) groups is 1. The predicted octanol–water partition coefficient (Wildman–Crippen LogP) is 2.84. The van der Waals surface area contributed by atoms with Gasteiger partial charge in [-0.05, 0) is 39.8 Å². The van der Waals surface area contributed by atoms with Gasteiger partial charge in [-0.2, -0.15) is 0 Å². The minimum atomic E-state index is -0.263. The molecule has 1 aromatic carbocycles. The molecular weight excluding hydrogens is 338 g/mol. The van der Waals surface area contributed by atoms with Gasteiger partial charge in [0.25, 0.3) is 5.91 Å². The quantitative estimate of drug-likeness (QED) is 0.741. The number of rotatable bonds is 7. The summed E-state index contributed by atoms with van der Waals surface area (Å²) in [7, 11) is 0. The van der Waals surface area contributed by atoms with E-state index in [2.05, 4.69) is 15.8 Å². The number of aromatic nitrogens is 1. The third kappa shape index (κ3) is 5.35. The third-order valence-corrected chi connectivity index (χ3v) is 4.64. The van der Waals surface area contributed by atoms with Crippen LogP contribution in [0.15, 0.2) is 33.7 Å². The molecule has 0 aliphatic heterocycles. The number of benzene rings is 1. The van der Waals surface area contributed by atoms with Gasteiger partial charge in [0.05, 0.1) is 17.8 Å². The first-order valence-electron chi connectivity index (χ1n) is 8.09. The largest absolute Gasteiger partial charge is 0.361 e. The molecule has 6 nitrogen and oxygen atoms in total. The third-order valence-electron chi connectivity index (χ3n) is 3.54. The Morgan fingerprint density at radius 1 is 1.24 bits per heavy atom. The smallest absolute Gasteiger partial charge is 0.252 e. The van der Waals surface area contributed by atoms with E-state index in [1.165, 1.54) is 0 Å². The number of hydrogen-bond donors (Lipinski definition) is 2. The zero-order valence-corrected chi connectivity index (χ0v) is 15.7. The van der Waals surface area contributed by atoms with Gasteiger partial charge in [0.2, 0.25) is 5.91 Å². The molecule has 1 aromatic heterocycles. The lowest BCUT2D eigenvalue weighted by Gasteiger charge is -2.11. The van der Waals surface area contributed by atoms with Crippen LogP contribution in [0.25, 0.3) is 0 Å². The number of nitrogens with one attached hydrogen (secondary N) is 2. The van der Waals surface area contributed by atoms with Crippen LogP contribution in [0.5, 0.6) is 0 Å². The summed E-state index contributed by atoms with van der Waals surface area (Å²) >= 11 is 1.54. The van der Waals surface area contributed by atoms with Gasteiger partial charge in [0, 0.05) is 22.3 Å². The summed E-state index contributed by atoms with van der Waals surface area (Å²) in [6.45, 7) is 7.49. The topological polar surface area (TPSA) is 84.2 Å². The van der Waals surface area contributed by atoms with Gasteiger partial charge in [-0.1, -0.05) is 17.3 Å². The van der Waals surface area contributed by atoms with Crippen molar-refractivity contribution in [2.75, 3.05) is 6.54 Å². The van der Waals surface area contributed by atoms with Crippen LogP contribution in [0.3, 0.4) is 0 Å². The Morgan fingerprint density at radius 2 is 1.96 bits per heavy atom. The first kappa shape index (κ1) is 19.1. The molecule has 2 aromatic rings. The molecule has 1 heterocycles. The molecule has 0 bridgehead atoms. The lowest BCUT2D eigenvalue weighted by Crippen LogP contribution is -2.39. The number of hydrogen-bond acceptors (Lipinski definition) is 5. The fourth-order valence-electron chi connectivity index (χ4n) is 2.27. The van der Waals surface area contributed by atoms with Gasteiger partial charge in [-0.15, -0.1) is 11.8 Å². The van der Waals surface area contributed by atoms with E-state index in [1.54, 1.807) is 17.8 Å². The summed E-state index contributed by atoms with van der Waals surface area (Å²) < 4.78 is 5.17. The second-order valence-electron chi connectivity index (χ2n) is 5.99. The molecule has 0 radical (unpaired) electrons. The number of carbonyl (C=O) groups excluding carboxylic acids is 2. The van der Waals surface area contributed by atoms with Crippen LogP contribution < -0.4 is 10.6 Å². The van der Waals surface area contributed by atoms with Gasteiger partial charge in [-0.25, -0.2) is 0 Å². The molecule has 0 aliphatic carbocycles. The van der Waals surface area contributed by atoms with Gasteiger partial charge in [0.1, 0.15) is 5.76 Å². The van der Waals surface area contributed by atoms with Crippen molar-refractivity contribution < 1.29 is 14.1 Å². The van der Waals surface area contributed by atoms with E-state index in [4.69, 9.17) is 4.52 Å². The molecule has 25 heavy (non-hydrogen) atoms. The molecule has 0 atom stereocenters. The molecule has 0 aliphatic rings. The Kier molecular flexibility index (Phi) is 6.64. The van der Waals surface area contributed by atoms with Gasteiger partial charge in [0.15, 0.2) is 0 Å². The van der Waals surface area contributed by atoms with Crippen LogP contribution in [-0.4, -0.2) is 29.6 Å². The first-order valence-corrected chi connectivity index (χ1v) is 9.08. The number of carbonyl (C=O) groups is 2. The zero-order valence-electron chi connectivity index (χ0n) is 14.9. The van der Waals surface area contributed by atoms with Crippen molar-refractivity contribution in [2.45, 2.75) is 44.4 Å². The van der Waals surface area contributed by atoms with E-state index in [0.29, 0.717) is 11.3 Å². The Labute approximate surface area is 151 Å². The molecule has 2 amide bonds. The summed E-state index contributed by atoms with van der Waals surface area (Å²) in [6, 6.07) is 7.39. The summed E-state index contributed by atoms with van der Waals surface area (Å²) in [5.74, 6) is 0.988. The predicted molar refractivity (Wildman–Crippen MR) is 97.6 cm³/mol. The van der Waals surface area contributed by atoms with Crippen molar-refractivity contribution in [1.82, 2.24) is 15.8 Å². The van der Waals surface area contributed by atoms with E-state index in [0.717, 1.165) is 21.9 Å². The summed E-state index contributed by atoms with van der Waals surface area (Å²) in [6.07, 6.45) is 0. The van der Waals surface area contributed by atoms with Crippen LogP contribution >= 0.6 is 11.8 Å². The molecule has 0 fully saturated rings. The minimum absolute atomic E-state index is 0.0418. The van der Waals surface area contributed by atoms with Crippen molar-refractivity contribution in [3.8, 4) is 0 Å². The number of aryl methyl sites for hydroxylation is 2. The normalized spacial score (nSPS) is 10.8. The van der Waals surface area contributed by atoms with Crippen LogP contribution in [-0.2, 0) is 10.5 Å². The maximum Gasteiger partial charge on any atom is 0.252 e. The standard InChI is InChI=1S/C18H23N3O3S/c1-11(2)20-17(22)9-19-18(23)14-7-5-6-8-16(14)25-10-15-12(3)21-24-13(15)4/h5-8,11H,9-10H2,1-4H3,(H,19,23)(H,20,22). The van der Waals surface area contributed by atoms with Crippen molar-refractivity contribution in [1.29, 1.82) is 0 Å². The average Bonchev–Trinajstić information content (AvgIpc) is 2.89. The molecule has 7 heteroatoms. The van der Waals surface area contributed by atoms with E-state index in [-0.39, 0.29) is 24.4 Å². The lowest BCUT2D eigenvalue weighted by molar-refractivity contribution is -0.120. The van der Waals surface area contributed by atoms with Crippen LogP contribution in [0.2, 0.25) is 0 Å². The molecule has 0 saturated heterocycles. The number of nitrogens with zero attached hydrogens (tertiary/aromatic N) is 1. The van der Waals surface area contributed by atoms with Crippen molar-refractivity contribution >= 4 is 23.6 Å². The fraction of sp³-hybridized carbons (Fsp3) is 0.389. The maximum absolute atomic E-state index is 12.4. The van der Waals surface area contributed by atoms with Crippen LogP contribution in [0.4, 0.5) is 0 Å². The first-order chi connectivity index (χ1) is 11.9. The minimum Gasteiger partial charge on any atom is -0.361 e. The Morgan fingerprint density at radius 3 is 2.60 bits per heavy atom. The Balaban J connectivity index is 2.02. The van der Waals surface area contributed by atoms with E-state index in [9.17, 15) is 9.59 Å². The van der Waals surface area contributed by atoms with Crippen molar-refractivity contribution in [3.63, 3.8) is 0 Å². The fourth-order valence-corrected chi connectivity index (χ4v) is 3.47. The molecule has 134 valence electrons. The number of amides is 2. The summed E-state index contributed by atoms with van der Waals surface area (Å²) in [4.78, 5) is 24.9. The van der Waals surface area contributed by atoms with Crippen LogP contribution in [0, 0.1) is 13.8 Å². The Hall–Kier alpha value is -2.28. The van der Waals surface area contributed by atoms with Crippen LogP contribution in [0.1, 0.15) is 41.2 Å². The molecular formula is C18H23N3O3S. The van der Waals surface area contributed by atoms with Gasteiger partial charge < -0.3 is 15.2 Å².